The van der Waals surface area contributed by atoms with E-state index in [0.29, 0.717) is 24.5 Å². The summed E-state index contributed by atoms with van der Waals surface area (Å²) in [5.41, 5.74) is 0.716. The molecule has 1 aliphatic heterocycles. The van der Waals surface area contributed by atoms with E-state index in [9.17, 15) is 14.4 Å². The molecule has 0 saturated carbocycles. The average Bonchev–Trinajstić information content (AvgIpc) is 2.59. The lowest BCUT2D eigenvalue weighted by Gasteiger charge is -2.35. The second-order valence-electron chi connectivity index (χ2n) is 5.65. The van der Waals surface area contributed by atoms with Crippen molar-refractivity contribution in [3.63, 3.8) is 0 Å². The van der Waals surface area contributed by atoms with Crippen LogP contribution in [0, 0.1) is 0 Å². The van der Waals surface area contributed by atoms with Gasteiger partial charge in [0.2, 0.25) is 5.91 Å². The van der Waals surface area contributed by atoms with Crippen LogP contribution in [0.3, 0.4) is 0 Å². The molecule has 0 fully saturated rings. The van der Waals surface area contributed by atoms with E-state index >= 15 is 0 Å². The van der Waals surface area contributed by atoms with Crippen molar-refractivity contribution in [1.29, 1.82) is 0 Å². The molecule has 136 valence electrons. The van der Waals surface area contributed by atoms with Gasteiger partial charge in [-0.3, -0.25) is 14.9 Å². The Balaban J connectivity index is 2.08. The number of nitrogens with one attached hydrogen (secondary N) is 3. The highest BCUT2D eigenvalue weighted by Crippen LogP contribution is 2.32. The molecule has 4 amide bonds. The maximum Gasteiger partial charge on any atom is 0.321 e. The smallest absolute Gasteiger partial charge is 0.321 e. The van der Waals surface area contributed by atoms with E-state index in [4.69, 9.17) is 4.74 Å². The summed E-state index contributed by atoms with van der Waals surface area (Å²) in [6.45, 7) is 4.92. The van der Waals surface area contributed by atoms with Gasteiger partial charge in [-0.25, -0.2) is 4.79 Å². The number of anilines is 1. The van der Waals surface area contributed by atoms with Gasteiger partial charge in [-0.15, -0.1) is 0 Å². The Bertz CT molecular complexity index is 635. The molecule has 2 rings (SSSR count). The average molecular weight is 348 g/mol. The predicted octanol–water partition coefficient (Wildman–Crippen LogP) is 0.626. The topological polar surface area (TPSA) is 99.8 Å². The van der Waals surface area contributed by atoms with Crippen LogP contribution in [-0.2, 0) is 9.59 Å². The third kappa shape index (κ3) is 5.10. The van der Waals surface area contributed by atoms with E-state index in [1.54, 1.807) is 24.0 Å². The van der Waals surface area contributed by atoms with Gasteiger partial charge < -0.3 is 20.3 Å². The van der Waals surface area contributed by atoms with E-state index in [0.717, 1.165) is 6.42 Å². The van der Waals surface area contributed by atoms with Gasteiger partial charge in [-0.05, 0) is 25.5 Å². The number of imide groups is 1. The van der Waals surface area contributed by atoms with Crippen molar-refractivity contribution in [2.45, 2.75) is 26.4 Å². The summed E-state index contributed by atoms with van der Waals surface area (Å²) < 4.78 is 5.76. The third-order valence-corrected chi connectivity index (χ3v) is 3.63. The van der Waals surface area contributed by atoms with Crippen molar-refractivity contribution in [3.8, 4) is 5.75 Å². The van der Waals surface area contributed by atoms with Crippen LogP contribution in [0.4, 0.5) is 10.5 Å². The Kier molecular flexibility index (Phi) is 6.62. The summed E-state index contributed by atoms with van der Waals surface area (Å²) in [7, 11) is 0. The standard InChI is InChI=1S/C17H24N4O4/c1-3-9-19-16(23)14-10-21(11-15(22)20-17(24)18-4-2)12-7-5-6-8-13(12)25-14/h5-8,14H,3-4,9-11H2,1-2H3,(H,19,23)(H2,18,20,22,24)/t14-/m1/s1. The van der Waals surface area contributed by atoms with Crippen LogP contribution in [0.15, 0.2) is 24.3 Å². The Labute approximate surface area is 146 Å². The van der Waals surface area contributed by atoms with Gasteiger partial charge in [-0.1, -0.05) is 19.1 Å². The molecule has 1 heterocycles. The lowest BCUT2D eigenvalue weighted by Crippen LogP contribution is -2.52. The molecule has 0 bridgehead atoms. The Morgan fingerprint density at radius 1 is 1.20 bits per heavy atom. The van der Waals surface area contributed by atoms with Crippen LogP contribution in [0.2, 0.25) is 0 Å². The molecular formula is C17H24N4O4. The predicted molar refractivity (Wildman–Crippen MR) is 93.6 cm³/mol. The van der Waals surface area contributed by atoms with Crippen molar-refractivity contribution >= 4 is 23.5 Å². The number of fused-ring (bicyclic) bond motifs is 1. The molecule has 3 N–H and O–H groups in total. The summed E-state index contributed by atoms with van der Waals surface area (Å²) >= 11 is 0. The molecule has 0 spiro atoms. The number of amides is 4. The van der Waals surface area contributed by atoms with Gasteiger partial charge in [-0.2, -0.15) is 0 Å². The van der Waals surface area contributed by atoms with Crippen molar-refractivity contribution in [1.82, 2.24) is 16.0 Å². The zero-order valence-corrected chi connectivity index (χ0v) is 14.5. The second-order valence-corrected chi connectivity index (χ2v) is 5.65. The Morgan fingerprint density at radius 3 is 2.68 bits per heavy atom. The quantitative estimate of drug-likeness (QED) is 0.700. The van der Waals surface area contributed by atoms with Crippen LogP contribution in [0.5, 0.6) is 5.75 Å². The van der Waals surface area contributed by atoms with Crippen molar-refractivity contribution in [2.75, 3.05) is 31.1 Å². The highest BCUT2D eigenvalue weighted by molar-refractivity contribution is 5.96. The summed E-state index contributed by atoms with van der Waals surface area (Å²) in [4.78, 5) is 37.6. The molecule has 0 radical (unpaired) electrons. The number of nitrogens with zero attached hydrogens (tertiary/aromatic N) is 1. The van der Waals surface area contributed by atoms with E-state index < -0.39 is 18.0 Å². The minimum absolute atomic E-state index is 0.0466. The number of hydrogen-bond acceptors (Lipinski definition) is 5. The van der Waals surface area contributed by atoms with Crippen molar-refractivity contribution in [3.05, 3.63) is 24.3 Å². The number of para-hydroxylation sites is 2. The molecule has 1 aliphatic rings. The maximum absolute atomic E-state index is 12.2. The van der Waals surface area contributed by atoms with Gasteiger partial charge >= 0.3 is 6.03 Å². The summed E-state index contributed by atoms with van der Waals surface area (Å²) in [5.74, 6) is -0.128. The number of ether oxygens (including phenoxy) is 1. The first-order valence-electron chi connectivity index (χ1n) is 8.41. The number of hydrogen-bond donors (Lipinski definition) is 3. The molecule has 0 aliphatic carbocycles. The minimum Gasteiger partial charge on any atom is -0.477 e. The van der Waals surface area contributed by atoms with E-state index in [2.05, 4.69) is 16.0 Å². The normalized spacial score (nSPS) is 15.6. The lowest BCUT2D eigenvalue weighted by molar-refractivity contribution is -0.128. The summed E-state index contributed by atoms with van der Waals surface area (Å²) in [6.07, 6.45) is 0.118. The molecule has 1 aromatic carbocycles. The fourth-order valence-electron chi connectivity index (χ4n) is 2.50. The van der Waals surface area contributed by atoms with Crippen LogP contribution in [-0.4, -0.2) is 50.1 Å². The SMILES string of the molecule is CCCNC(=O)[C@H]1CN(CC(=O)NC(=O)NCC)c2ccccc2O1. The number of rotatable bonds is 6. The van der Waals surface area contributed by atoms with E-state index in [-0.39, 0.29) is 19.0 Å². The van der Waals surface area contributed by atoms with E-state index in [1.165, 1.54) is 0 Å². The van der Waals surface area contributed by atoms with Gasteiger partial charge in [0.05, 0.1) is 18.8 Å². The van der Waals surface area contributed by atoms with Gasteiger partial charge in [0.25, 0.3) is 5.91 Å². The first kappa shape index (κ1) is 18.6. The minimum atomic E-state index is -0.710. The lowest BCUT2D eigenvalue weighted by atomic mass is 10.1. The van der Waals surface area contributed by atoms with Gasteiger partial charge in [0.1, 0.15) is 5.75 Å². The maximum atomic E-state index is 12.2. The van der Waals surface area contributed by atoms with E-state index in [1.807, 2.05) is 19.1 Å². The van der Waals surface area contributed by atoms with Crippen molar-refractivity contribution < 1.29 is 19.1 Å². The largest absolute Gasteiger partial charge is 0.477 e. The molecule has 0 unspecified atom stereocenters. The summed E-state index contributed by atoms with van der Waals surface area (Å²) in [6, 6.07) is 6.66. The highest BCUT2D eigenvalue weighted by Gasteiger charge is 2.31. The number of carbonyl (C=O) groups excluding carboxylic acids is 3. The Morgan fingerprint density at radius 2 is 1.96 bits per heavy atom. The molecule has 8 nitrogen and oxygen atoms in total. The van der Waals surface area contributed by atoms with Gasteiger partial charge in [0.15, 0.2) is 6.10 Å². The number of urea groups is 1. The first-order chi connectivity index (χ1) is 12.0. The van der Waals surface area contributed by atoms with Crippen LogP contribution in [0.1, 0.15) is 20.3 Å². The van der Waals surface area contributed by atoms with Crippen LogP contribution >= 0.6 is 0 Å². The molecule has 1 atom stereocenters. The van der Waals surface area contributed by atoms with Crippen LogP contribution < -0.4 is 25.6 Å². The molecule has 1 aromatic rings. The zero-order valence-electron chi connectivity index (χ0n) is 14.5. The fourth-order valence-corrected chi connectivity index (χ4v) is 2.50. The first-order valence-corrected chi connectivity index (χ1v) is 8.41. The highest BCUT2D eigenvalue weighted by atomic mass is 16.5. The second kappa shape index (κ2) is 8.91. The molecule has 25 heavy (non-hydrogen) atoms. The van der Waals surface area contributed by atoms with Crippen molar-refractivity contribution in [2.24, 2.45) is 0 Å². The Hall–Kier alpha value is -2.77. The monoisotopic (exact) mass is 348 g/mol. The fraction of sp³-hybridized carbons (Fsp3) is 0.471. The molecule has 0 aromatic heterocycles. The van der Waals surface area contributed by atoms with Gasteiger partial charge in [0, 0.05) is 13.1 Å². The van der Waals surface area contributed by atoms with Crippen LogP contribution in [0.25, 0.3) is 0 Å². The third-order valence-electron chi connectivity index (χ3n) is 3.63. The zero-order chi connectivity index (χ0) is 18.2. The summed E-state index contributed by atoms with van der Waals surface area (Å²) in [5, 5.41) is 7.57. The number of carbonyl (C=O) groups is 3. The molecule has 0 saturated heterocycles. The molecular weight excluding hydrogens is 324 g/mol. The molecule has 8 heteroatoms. The number of benzene rings is 1.